The van der Waals surface area contributed by atoms with E-state index in [0.717, 1.165) is 41.8 Å². The van der Waals surface area contributed by atoms with Crippen LogP contribution in [0, 0.1) is 0 Å². The van der Waals surface area contributed by atoms with E-state index in [-0.39, 0.29) is 6.61 Å². The molecule has 2 aromatic carbocycles. The van der Waals surface area contributed by atoms with Crippen molar-refractivity contribution < 1.29 is 15.1 Å². The van der Waals surface area contributed by atoms with E-state index < -0.39 is 5.91 Å². The normalized spacial score (nSPS) is 11.4. The highest BCUT2D eigenvalue weighted by Gasteiger charge is 2.05. The minimum absolute atomic E-state index is 0.146. The van der Waals surface area contributed by atoms with E-state index in [9.17, 15) is 4.79 Å². The summed E-state index contributed by atoms with van der Waals surface area (Å²) in [7, 11) is 0. The number of hydrogen-bond acceptors (Lipinski definition) is 4. The van der Waals surface area contributed by atoms with Crippen LogP contribution in [0.2, 0.25) is 0 Å². The molecule has 0 fully saturated rings. The smallest absolute Gasteiger partial charge is 0.267 e. The third-order valence-corrected chi connectivity index (χ3v) is 4.61. The van der Waals surface area contributed by atoms with Crippen molar-refractivity contribution in [1.82, 2.24) is 15.8 Å². The molecule has 0 bridgehead atoms. The summed E-state index contributed by atoms with van der Waals surface area (Å²) >= 11 is 0. The number of nitrogens with one attached hydrogen (secondary N) is 3. The van der Waals surface area contributed by atoms with Crippen molar-refractivity contribution >= 4 is 22.9 Å². The Morgan fingerprint density at radius 3 is 2.68 bits per heavy atom. The van der Waals surface area contributed by atoms with Crippen molar-refractivity contribution in [3.8, 4) is 0 Å². The second-order valence-corrected chi connectivity index (χ2v) is 6.62. The highest BCUT2D eigenvalue weighted by Crippen LogP contribution is 2.20. The maximum absolute atomic E-state index is 11.0. The van der Waals surface area contributed by atoms with E-state index in [1.807, 2.05) is 24.3 Å². The first-order chi connectivity index (χ1) is 13.7. The number of H-pyrrole nitrogens is 1. The van der Waals surface area contributed by atoms with Crippen LogP contribution in [-0.4, -0.2) is 34.4 Å². The van der Waals surface area contributed by atoms with Crippen molar-refractivity contribution in [1.29, 1.82) is 0 Å². The Morgan fingerprint density at radius 2 is 1.93 bits per heavy atom. The largest absolute Gasteiger partial charge is 0.396 e. The van der Waals surface area contributed by atoms with E-state index in [1.165, 1.54) is 17.0 Å². The van der Waals surface area contributed by atoms with Crippen LogP contribution < -0.4 is 10.8 Å². The van der Waals surface area contributed by atoms with Gasteiger partial charge in [-0.25, -0.2) is 5.48 Å². The third kappa shape index (κ3) is 5.29. The second kappa shape index (κ2) is 9.85. The van der Waals surface area contributed by atoms with Gasteiger partial charge < -0.3 is 15.4 Å². The van der Waals surface area contributed by atoms with Crippen LogP contribution >= 0.6 is 0 Å². The summed E-state index contributed by atoms with van der Waals surface area (Å²) in [5, 5.41) is 22.3. The molecule has 0 radical (unpaired) electrons. The zero-order valence-corrected chi connectivity index (χ0v) is 15.6. The van der Waals surface area contributed by atoms with Gasteiger partial charge in [0.05, 0.1) is 0 Å². The molecule has 146 valence electrons. The number of hydrogen-bond donors (Lipinski definition) is 5. The van der Waals surface area contributed by atoms with Gasteiger partial charge in [-0.05, 0) is 47.9 Å². The fraction of sp³-hybridized carbons (Fsp3) is 0.227. The SMILES string of the molecule is O=C(/C=C/c1ccc(CNCCc2cccc3[nH]c(CCO)cc23)cc1)NO. The lowest BCUT2D eigenvalue weighted by Gasteiger charge is -2.07. The summed E-state index contributed by atoms with van der Waals surface area (Å²) in [6.07, 6.45) is 4.49. The van der Waals surface area contributed by atoms with Crippen LogP contribution in [0.15, 0.2) is 54.6 Å². The number of fused-ring (bicyclic) bond motifs is 1. The molecule has 0 aliphatic rings. The van der Waals surface area contributed by atoms with E-state index in [1.54, 1.807) is 11.6 Å². The van der Waals surface area contributed by atoms with Gasteiger partial charge in [-0.3, -0.25) is 10.0 Å². The van der Waals surface area contributed by atoms with Gasteiger partial charge in [0.15, 0.2) is 0 Å². The first kappa shape index (κ1) is 19.8. The predicted octanol–water partition coefficient (Wildman–Crippen LogP) is 2.55. The first-order valence-electron chi connectivity index (χ1n) is 9.32. The number of amides is 1. The minimum atomic E-state index is -0.549. The van der Waals surface area contributed by atoms with E-state index in [2.05, 4.69) is 34.6 Å². The molecule has 6 heteroatoms. The van der Waals surface area contributed by atoms with Crippen molar-refractivity contribution in [2.24, 2.45) is 0 Å². The van der Waals surface area contributed by atoms with Crippen molar-refractivity contribution in [2.45, 2.75) is 19.4 Å². The third-order valence-electron chi connectivity index (χ3n) is 4.61. The monoisotopic (exact) mass is 379 g/mol. The molecule has 1 amide bonds. The fourth-order valence-electron chi connectivity index (χ4n) is 3.16. The van der Waals surface area contributed by atoms with Gasteiger partial charge in [-0.15, -0.1) is 0 Å². The van der Waals surface area contributed by atoms with Crippen LogP contribution in [-0.2, 0) is 24.2 Å². The van der Waals surface area contributed by atoms with E-state index in [0.29, 0.717) is 6.42 Å². The van der Waals surface area contributed by atoms with Gasteiger partial charge >= 0.3 is 0 Å². The van der Waals surface area contributed by atoms with Crippen LogP contribution in [0.5, 0.6) is 0 Å². The Hall–Kier alpha value is -2.93. The highest BCUT2D eigenvalue weighted by atomic mass is 16.5. The van der Waals surface area contributed by atoms with Gasteiger partial charge in [-0.1, -0.05) is 36.4 Å². The van der Waals surface area contributed by atoms with Crippen LogP contribution in [0.4, 0.5) is 0 Å². The predicted molar refractivity (Wildman–Crippen MR) is 110 cm³/mol. The zero-order valence-electron chi connectivity index (χ0n) is 15.6. The number of aromatic nitrogens is 1. The lowest BCUT2D eigenvalue weighted by atomic mass is 10.1. The molecule has 0 aliphatic carbocycles. The average molecular weight is 379 g/mol. The lowest BCUT2D eigenvalue weighted by molar-refractivity contribution is -0.124. The Labute approximate surface area is 163 Å². The number of aliphatic hydroxyl groups is 1. The molecular formula is C22H25N3O3. The van der Waals surface area contributed by atoms with E-state index in [4.69, 9.17) is 10.3 Å². The molecule has 28 heavy (non-hydrogen) atoms. The number of aliphatic hydroxyl groups excluding tert-OH is 1. The first-order valence-corrected chi connectivity index (χ1v) is 9.32. The summed E-state index contributed by atoms with van der Waals surface area (Å²) in [5.41, 5.74) is 7.07. The molecule has 0 atom stereocenters. The molecular weight excluding hydrogens is 354 g/mol. The standard InChI is InChI=1S/C22H25N3O3/c26-13-11-19-14-20-18(2-1-3-21(20)24-19)10-12-23-15-17-6-4-16(5-7-17)8-9-22(27)25-28/h1-9,14,23-24,26,28H,10-13,15H2,(H,25,27)/b9-8+. The number of carbonyl (C=O) groups excluding carboxylic acids is 1. The van der Waals surface area contributed by atoms with Crippen LogP contribution in [0.1, 0.15) is 22.4 Å². The van der Waals surface area contributed by atoms with Gasteiger partial charge in [0.25, 0.3) is 5.91 Å². The average Bonchev–Trinajstić information content (AvgIpc) is 3.14. The minimum Gasteiger partial charge on any atom is -0.396 e. The van der Waals surface area contributed by atoms with Crippen molar-refractivity contribution in [2.75, 3.05) is 13.2 Å². The topological polar surface area (TPSA) is 97.4 Å². The highest BCUT2D eigenvalue weighted by molar-refractivity contribution is 5.90. The summed E-state index contributed by atoms with van der Waals surface area (Å²) in [6, 6.07) is 16.3. The molecule has 0 spiro atoms. The molecule has 0 aliphatic heterocycles. The summed E-state index contributed by atoms with van der Waals surface area (Å²) in [4.78, 5) is 14.3. The van der Waals surface area contributed by atoms with Gasteiger partial charge in [0.1, 0.15) is 0 Å². The Balaban J connectivity index is 1.51. The molecule has 3 rings (SSSR count). The summed E-state index contributed by atoms with van der Waals surface area (Å²) in [6.45, 7) is 1.77. The molecule has 1 heterocycles. The maximum atomic E-state index is 11.0. The second-order valence-electron chi connectivity index (χ2n) is 6.62. The molecule has 0 saturated carbocycles. The zero-order chi connectivity index (χ0) is 19.8. The molecule has 0 unspecified atom stereocenters. The number of aromatic amines is 1. The summed E-state index contributed by atoms with van der Waals surface area (Å²) < 4.78 is 0. The number of hydroxylamine groups is 1. The quantitative estimate of drug-likeness (QED) is 0.171. The Kier molecular flexibility index (Phi) is 6.97. The number of carbonyl (C=O) groups is 1. The Bertz CT molecular complexity index is 945. The van der Waals surface area contributed by atoms with Crippen LogP contribution in [0.25, 0.3) is 17.0 Å². The van der Waals surface area contributed by atoms with Crippen molar-refractivity contribution in [3.63, 3.8) is 0 Å². The molecule has 5 N–H and O–H groups in total. The maximum Gasteiger partial charge on any atom is 0.267 e. The van der Waals surface area contributed by atoms with E-state index >= 15 is 0 Å². The molecule has 3 aromatic rings. The molecule has 1 aromatic heterocycles. The molecule has 0 saturated heterocycles. The lowest BCUT2D eigenvalue weighted by Crippen LogP contribution is -2.16. The Morgan fingerprint density at radius 1 is 1.11 bits per heavy atom. The molecule has 6 nitrogen and oxygen atoms in total. The van der Waals surface area contributed by atoms with Gasteiger partial charge in [0, 0.05) is 42.2 Å². The number of benzene rings is 2. The van der Waals surface area contributed by atoms with Gasteiger partial charge in [0.2, 0.25) is 0 Å². The fourth-order valence-corrected chi connectivity index (χ4v) is 3.16. The van der Waals surface area contributed by atoms with Gasteiger partial charge in [-0.2, -0.15) is 0 Å². The number of rotatable bonds is 9. The van der Waals surface area contributed by atoms with Crippen molar-refractivity contribution in [3.05, 3.63) is 77.0 Å². The van der Waals surface area contributed by atoms with Crippen LogP contribution in [0.3, 0.4) is 0 Å². The summed E-state index contributed by atoms with van der Waals surface area (Å²) in [5.74, 6) is -0.549.